The Hall–Kier alpha value is -1.10. The minimum atomic E-state index is -0.248. The van der Waals surface area contributed by atoms with Crippen LogP contribution in [0.15, 0.2) is 0 Å². The Morgan fingerprint density at radius 2 is 1.91 bits per heavy atom. The smallest absolute Gasteiger partial charge is 0.242 e. The van der Waals surface area contributed by atoms with E-state index in [-0.39, 0.29) is 17.9 Å². The summed E-state index contributed by atoms with van der Waals surface area (Å²) in [6.45, 7) is 4.26. The summed E-state index contributed by atoms with van der Waals surface area (Å²) in [4.78, 5) is 26.4. The van der Waals surface area contributed by atoms with E-state index in [9.17, 15) is 9.59 Å². The van der Waals surface area contributed by atoms with Crippen molar-refractivity contribution in [1.82, 2.24) is 10.2 Å². The highest BCUT2D eigenvalue weighted by molar-refractivity contribution is 5.87. The summed E-state index contributed by atoms with van der Waals surface area (Å²) in [5.74, 6) is 0.174. The number of nitrogens with one attached hydrogen (secondary N) is 1. The van der Waals surface area contributed by atoms with Crippen LogP contribution in [0.2, 0.25) is 0 Å². The molecule has 22 heavy (non-hydrogen) atoms. The first-order valence-electron chi connectivity index (χ1n) is 8.98. The second kappa shape index (κ2) is 11.5. The van der Waals surface area contributed by atoms with Crippen LogP contribution >= 0.6 is 0 Å². The van der Waals surface area contributed by atoms with Crippen LogP contribution in [0.1, 0.15) is 71.1 Å². The summed E-state index contributed by atoms with van der Waals surface area (Å²) in [6.07, 6.45) is 9.60. The quantitative estimate of drug-likeness (QED) is 0.607. The molecule has 0 aliphatic carbocycles. The van der Waals surface area contributed by atoms with Crippen molar-refractivity contribution in [3.63, 3.8) is 0 Å². The van der Waals surface area contributed by atoms with Crippen LogP contribution in [0.5, 0.6) is 0 Å². The summed E-state index contributed by atoms with van der Waals surface area (Å²) < 4.78 is 0. The van der Waals surface area contributed by atoms with Gasteiger partial charge in [0.05, 0.1) is 0 Å². The maximum atomic E-state index is 12.4. The number of unbranched alkanes of at least 4 members (excludes halogenated alkanes) is 4. The molecule has 1 aliphatic rings. The Kier molecular flexibility index (Phi) is 9.87. The van der Waals surface area contributed by atoms with Crippen molar-refractivity contribution in [1.29, 1.82) is 0 Å². The number of nitrogens with two attached hydrogens (primary N) is 1. The average Bonchev–Trinajstić information content (AvgIpc) is 2.55. The van der Waals surface area contributed by atoms with Crippen molar-refractivity contribution in [3.05, 3.63) is 0 Å². The van der Waals surface area contributed by atoms with Crippen LogP contribution in [-0.2, 0) is 9.59 Å². The third kappa shape index (κ3) is 6.77. The molecule has 0 aromatic carbocycles. The molecule has 1 unspecified atom stereocenters. The van der Waals surface area contributed by atoms with Crippen molar-refractivity contribution in [2.45, 2.75) is 77.2 Å². The molecule has 1 saturated heterocycles. The molecule has 0 bridgehead atoms. The van der Waals surface area contributed by atoms with Gasteiger partial charge < -0.3 is 16.0 Å². The number of nitrogens with zero attached hydrogens (tertiary/aromatic N) is 1. The van der Waals surface area contributed by atoms with Crippen molar-refractivity contribution in [2.75, 3.05) is 19.6 Å². The Bertz CT molecular complexity index is 334. The van der Waals surface area contributed by atoms with Crippen LogP contribution in [0.3, 0.4) is 0 Å². The zero-order valence-corrected chi connectivity index (χ0v) is 14.1. The number of piperidine rings is 1. The van der Waals surface area contributed by atoms with E-state index in [1.54, 1.807) is 0 Å². The molecule has 0 radical (unpaired) electrons. The lowest BCUT2D eigenvalue weighted by Crippen LogP contribution is -2.52. The van der Waals surface area contributed by atoms with Gasteiger partial charge in [-0.25, -0.2) is 0 Å². The summed E-state index contributed by atoms with van der Waals surface area (Å²) >= 11 is 0. The topological polar surface area (TPSA) is 75.4 Å². The molecule has 0 spiro atoms. The zero-order chi connectivity index (χ0) is 16.2. The highest BCUT2D eigenvalue weighted by atomic mass is 16.2. The van der Waals surface area contributed by atoms with E-state index >= 15 is 0 Å². The van der Waals surface area contributed by atoms with E-state index in [1.807, 2.05) is 4.90 Å². The number of amides is 2. The molecule has 1 atom stereocenters. The standard InChI is InChI=1S/C17H33N3O2/c1-2-3-11-16(21)20-14-9-6-10-15(20)17(22)19-13-8-5-4-7-12-18/h15H,2-14,18H2,1H3,(H,19,22). The number of hydrogen-bond donors (Lipinski definition) is 2. The van der Waals surface area contributed by atoms with Crippen LogP contribution in [0.25, 0.3) is 0 Å². The minimum Gasteiger partial charge on any atom is -0.354 e. The first-order valence-corrected chi connectivity index (χ1v) is 8.98. The minimum absolute atomic E-state index is 0.0309. The number of carbonyl (C=O) groups is 2. The molecule has 0 saturated carbocycles. The van der Waals surface area contributed by atoms with E-state index in [0.29, 0.717) is 13.0 Å². The van der Waals surface area contributed by atoms with Gasteiger partial charge in [-0.1, -0.05) is 26.2 Å². The van der Waals surface area contributed by atoms with Crippen molar-refractivity contribution in [3.8, 4) is 0 Å². The van der Waals surface area contributed by atoms with Crippen molar-refractivity contribution < 1.29 is 9.59 Å². The highest BCUT2D eigenvalue weighted by Crippen LogP contribution is 2.19. The summed E-state index contributed by atoms with van der Waals surface area (Å²) in [5, 5.41) is 3.01. The molecule has 1 heterocycles. The maximum Gasteiger partial charge on any atom is 0.242 e. The second-order valence-corrected chi connectivity index (χ2v) is 6.20. The van der Waals surface area contributed by atoms with Gasteiger partial charge in [-0.3, -0.25) is 9.59 Å². The predicted molar refractivity (Wildman–Crippen MR) is 89.4 cm³/mol. The van der Waals surface area contributed by atoms with Gasteiger partial charge in [-0.15, -0.1) is 0 Å². The molecule has 0 aromatic rings. The predicted octanol–water partition coefficient (Wildman–Crippen LogP) is 2.19. The van der Waals surface area contributed by atoms with Crippen LogP contribution in [0.4, 0.5) is 0 Å². The number of carbonyl (C=O) groups excluding carboxylic acids is 2. The van der Waals surface area contributed by atoms with E-state index < -0.39 is 0 Å². The largest absolute Gasteiger partial charge is 0.354 e. The van der Waals surface area contributed by atoms with Crippen LogP contribution in [0, 0.1) is 0 Å². The first kappa shape index (κ1) is 18.9. The number of rotatable bonds is 10. The van der Waals surface area contributed by atoms with Gasteiger partial charge in [0.1, 0.15) is 6.04 Å². The van der Waals surface area contributed by atoms with Gasteiger partial charge in [-0.2, -0.15) is 0 Å². The second-order valence-electron chi connectivity index (χ2n) is 6.20. The monoisotopic (exact) mass is 311 g/mol. The fourth-order valence-corrected chi connectivity index (χ4v) is 2.93. The Balaban J connectivity index is 2.34. The Morgan fingerprint density at radius 3 is 2.64 bits per heavy atom. The third-order valence-electron chi connectivity index (χ3n) is 4.30. The van der Waals surface area contributed by atoms with E-state index in [0.717, 1.165) is 70.9 Å². The molecule has 3 N–H and O–H groups in total. The maximum absolute atomic E-state index is 12.4. The van der Waals surface area contributed by atoms with Crippen molar-refractivity contribution in [2.24, 2.45) is 5.73 Å². The summed E-state index contributed by atoms with van der Waals surface area (Å²) in [6, 6.07) is -0.248. The van der Waals surface area contributed by atoms with Crippen molar-refractivity contribution >= 4 is 11.8 Å². The molecule has 1 fully saturated rings. The molecule has 5 heteroatoms. The molecule has 128 valence electrons. The van der Waals surface area contributed by atoms with Crippen LogP contribution in [-0.4, -0.2) is 42.4 Å². The van der Waals surface area contributed by atoms with E-state index in [2.05, 4.69) is 12.2 Å². The van der Waals surface area contributed by atoms with Gasteiger partial charge in [0.15, 0.2) is 0 Å². The van der Waals surface area contributed by atoms with Gasteiger partial charge >= 0.3 is 0 Å². The van der Waals surface area contributed by atoms with Gasteiger partial charge in [0.25, 0.3) is 0 Å². The third-order valence-corrected chi connectivity index (χ3v) is 4.30. The lowest BCUT2D eigenvalue weighted by molar-refractivity contribution is -0.142. The molecule has 1 rings (SSSR count). The van der Waals surface area contributed by atoms with E-state index in [1.165, 1.54) is 0 Å². The molecule has 1 aliphatic heterocycles. The van der Waals surface area contributed by atoms with E-state index in [4.69, 9.17) is 5.73 Å². The molecule has 5 nitrogen and oxygen atoms in total. The zero-order valence-electron chi connectivity index (χ0n) is 14.1. The normalized spacial score (nSPS) is 18.3. The Labute approximate surface area is 135 Å². The number of hydrogen-bond acceptors (Lipinski definition) is 3. The molecule has 2 amide bonds. The summed E-state index contributed by atoms with van der Waals surface area (Å²) in [5.41, 5.74) is 5.46. The van der Waals surface area contributed by atoms with Gasteiger partial charge in [0, 0.05) is 19.5 Å². The van der Waals surface area contributed by atoms with Crippen LogP contribution < -0.4 is 11.1 Å². The average molecular weight is 311 g/mol. The lowest BCUT2D eigenvalue weighted by Gasteiger charge is -2.34. The lowest BCUT2D eigenvalue weighted by atomic mass is 10.0. The molecule has 0 aromatic heterocycles. The fourth-order valence-electron chi connectivity index (χ4n) is 2.93. The van der Waals surface area contributed by atoms with Gasteiger partial charge in [0.2, 0.25) is 11.8 Å². The molecular weight excluding hydrogens is 278 g/mol. The Morgan fingerprint density at radius 1 is 1.14 bits per heavy atom. The summed E-state index contributed by atoms with van der Waals surface area (Å²) in [7, 11) is 0. The SMILES string of the molecule is CCCCC(=O)N1CCCCC1C(=O)NCCCCCCN. The highest BCUT2D eigenvalue weighted by Gasteiger charge is 2.31. The fraction of sp³-hybridized carbons (Fsp3) is 0.882. The van der Waals surface area contributed by atoms with Gasteiger partial charge in [-0.05, 0) is 45.1 Å². The number of likely N-dealkylation sites (tertiary alicyclic amines) is 1. The first-order chi connectivity index (χ1) is 10.7. The molecular formula is C17H33N3O2.